The molecule has 12 heavy (non-hydrogen) atoms. The molecular formula is C9H10BrNO. The van der Waals surface area contributed by atoms with E-state index in [1.54, 1.807) is 6.20 Å². The SMILES string of the molecule is OCc1ccc(C=CCBr)cn1. The number of aromatic nitrogens is 1. The monoisotopic (exact) mass is 227 g/mol. The third kappa shape index (κ3) is 2.75. The van der Waals surface area contributed by atoms with Gasteiger partial charge in [0.2, 0.25) is 0 Å². The fourth-order valence-corrected chi connectivity index (χ4v) is 0.996. The Balaban J connectivity index is 2.71. The summed E-state index contributed by atoms with van der Waals surface area (Å²) in [6, 6.07) is 3.74. The molecule has 0 aliphatic carbocycles. The minimum atomic E-state index is 0.00242. The summed E-state index contributed by atoms with van der Waals surface area (Å²) in [5, 5.41) is 9.56. The molecule has 0 aliphatic rings. The average Bonchev–Trinajstić information content (AvgIpc) is 2.15. The van der Waals surface area contributed by atoms with Gasteiger partial charge < -0.3 is 5.11 Å². The first-order valence-electron chi connectivity index (χ1n) is 3.65. The van der Waals surface area contributed by atoms with Crippen LogP contribution in [0.1, 0.15) is 11.3 Å². The molecule has 0 aliphatic heterocycles. The number of allylic oxidation sites excluding steroid dienone is 1. The fraction of sp³-hybridized carbons (Fsp3) is 0.222. The Morgan fingerprint density at radius 2 is 2.33 bits per heavy atom. The van der Waals surface area contributed by atoms with Crippen molar-refractivity contribution < 1.29 is 5.11 Å². The average molecular weight is 228 g/mol. The summed E-state index contributed by atoms with van der Waals surface area (Å²) in [5.74, 6) is 0. The van der Waals surface area contributed by atoms with Crippen LogP contribution >= 0.6 is 15.9 Å². The van der Waals surface area contributed by atoms with E-state index in [1.165, 1.54) is 0 Å². The molecule has 0 amide bonds. The predicted molar refractivity (Wildman–Crippen MR) is 53.0 cm³/mol. The predicted octanol–water partition coefficient (Wildman–Crippen LogP) is 1.98. The Labute approximate surface area is 80.1 Å². The first kappa shape index (κ1) is 9.42. The summed E-state index contributed by atoms with van der Waals surface area (Å²) in [5.41, 5.74) is 1.75. The topological polar surface area (TPSA) is 33.1 Å². The normalized spacial score (nSPS) is 10.8. The first-order chi connectivity index (χ1) is 5.86. The van der Waals surface area contributed by atoms with Crippen molar-refractivity contribution in [2.45, 2.75) is 6.61 Å². The molecule has 0 radical (unpaired) electrons. The highest BCUT2D eigenvalue weighted by Gasteiger charge is 1.90. The molecule has 1 rings (SSSR count). The summed E-state index contributed by atoms with van der Waals surface area (Å²) in [4.78, 5) is 4.03. The lowest BCUT2D eigenvalue weighted by atomic mass is 10.2. The highest BCUT2D eigenvalue weighted by atomic mass is 79.9. The second-order valence-corrected chi connectivity index (χ2v) is 2.95. The van der Waals surface area contributed by atoms with Crippen LogP contribution in [-0.2, 0) is 6.61 Å². The van der Waals surface area contributed by atoms with E-state index in [-0.39, 0.29) is 6.61 Å². The molecule has 2 nitrogen and oxygen atoms in total. The van der Waals surface area contributed by atoms with Crippen LogP contribution in [0.15, 0.2) is 24.4 Å². The molecule has 0 saturated heterocycles. The quantitative estimate of drug-likeness (QED) is 0.802. The van der Waals surface area contributed by atoms with Crippen molar-refractivity contribution in [2.24, 2.45) is 0 Å². The Bertz CT molecular complexity index is 256. The van der Waals surface area contributed by atoms with Crippen LogP contribution in [0.4, 0.5) is 0 Å². The molecule has 1 heterocycles. The van der Waals surface area contributed by atoms with E-state index < -0.39 is 0 Å². The standard InChI is InChI=1S/C9H10BrNO/c10-5-1-2-8-3-4-9(7-12)11-6-8/h1-4,6,12H,5,7H2. The minimum Gasteiger partial charge on any atom is -0.390 e. The molecule has 0 atom stereocenters. The van der Waals surface area contributed by atoms with Crippen molar-refractivity contribution >= 4 is 22.0 Å². The summed E-state index contributed by atoms with van der Waals surface area (Å²) < 4.78 is 0. The van der Waals surface area contributed by atoms with Gasteiger partial charge in [-0.15, -0.1) is 0 Å². The van der Waals surface area contributed by atoms with Crippen LogP contribution in [0.2, 0.25) is 0 Å². The maximum atomic E-state index is 8.72. The van der Waals surface area contributed by atoms with E-state index in [1.807, 2.05) is 24.3 Å². The van der Waals surface area contributed by atoms with E-state index >= 15 is 0 Å². The molecule has 3 heteroatoms. The number of nitrogens with zero attached hydrogens (tertiary/aromatic N) is 1. The molecule has 0 unspecified atom stereocenters. The van der Waals surface area contributed by atoms with E-state index in [2.05, 4.69) is 20.9 Å². The van der Waals surface area contributed by atoms with Gasteiger partial charge in [-0.25, -0.2) is 0 Å². The van der Waals surface area contributed by atoms with Crippen molar-refractivity contribution in [3.8, 4) is 0 Å². The van der Waals surface area contributed by atoms with Gasteiger partial charge in [-0.1, -0.05) is 34.1 Å². The van der Waals surface area contributed by atoms with Crippen LogP contribution in [-0.4, -0.2) is 15.4 Å². The van der Waals surface area contributed by atoms with E-state index in [0.29, 0.717) is 5.69 Å². The minimum absolute atomic E-state index is 0.00242. The smallest absolute Gasteiger partial charge is 0.0852 e. The maximum Gasteiger partial charge on any atom is 0.0852 e. The Kier molecular flexibility index (Phi) is 3.97. The zero-order valence-corrected chi connectivity index (χ0v) is 8.16. The van der Waals surface area contributed by atoms with E-state index in [9.17, 15) is 0 Å². The van der Waals surface area contributed by atoms with E-state index in [0.717, 1.165) is 10.9 Å². The molecule has 1 aromatic heterocycles. The van der Waals surface area contributed by atoms with Gasteiger partial charge in [-0.2, -0.15) is 0 Å². The first-order valence-corrected chi connectivity index (χ1v) is 4.77. The second kappa shape index (κ2) is 5.06. The van der Waals surface area contributed by atoms with E-state index in [4.69, 9.17) is 5.11 Å². The number of hydrogen-bond acceptors (Lipinski definition) is 2. The highest BCUT2D eigenvalue weighted by molar-refractivity contribution is 9.09. The zero-order valence-electron chi connectivity index (χ0n) is 6.57. The van der Waals surface area contributed by atoms with Crippen LogP contribution in [0.25, 0.3) is 6.08 Å². The van der Waals surface area contributed by atoms with Gasteiger partial charge in [-0.3, -0.25) is 4.98 Å². The third-order valence-corrected chi connectivity index (χ3v) is 1.78. The van der Waals surface area contributed by atoms with Crippen molar-refractivity contribution in [2.75, 3.05) is 5.33 Å². The number of aliphatic hydroxyl groups is 1. The molecule has 64 valence electrons. The summed E-state index contributed by atoms with van der Waals surface area (Å²) in [7, 11) is 0. The molecule has 0 fully saturated rings. The molecule has 0 aromatic carbocycles. The van der Waals surface area contributed by atoms with Gasteiger partial charge in [0.05, 0.1) is 12.3 Å². The molecule has 0 bridgehead atoms. The number of alkyl halides is 1. The second-order valence-electron chi connectivity index (χ2n) is 2.30. The summed E-state index contributed by atoms with van der Waals surface area (Å²) in [6.45, 7) is 0.00242. The van der Waals surface area contributed by atoms with Gasteiger partial charge in [0.15, 0.2) is 0 Å². The lowest BCUT2D eigenvalue weighted by Crippen LogP contribution is -1.87. The number of pyridine rings is 1. The number of halogens is 1. The van der Waals surface area contributed by atoms with Crippen LogP contribution in [0.5, 0.6) is 0 Å². The van der Waals surface area contributed by atoms with Crippen molar-refractivity contribution in [1.29, 1.82) is 0 Å². The fourth-order valence-electron chi connectivity index (χ4n) is 0.809. The third-order valence-electron chi connectivity index (χ3n) is 1.41. The molecule has 0 spiro atoms. The lowest BCUT2D eigenvalue weighted by Gasteiger charge is -1.95. The van der Waals surface area contributed by atoms with Crippen molar-refractivity contribution in [3.63, 3.8) is 0 Å². The lowest BCUT2D eigenvalue weighted by molar-refractivity contribution is 0.277. The van der Waals surface area contributed by atoms with Crippen LogP contribution < -0.4 is 0 Å². The van der Waals surface area contributed by atoms with Gasteiger partial charge in [-0.05, 0) is 11.6 Å². The summed E-state index contributed by atoms with van der Waals surface area (Å²) >= 11 is 3.29. The Morgan fingerprint density at radius 1 is 1.50 bits per heavy atom. The Hall–Kier alpha value is -0.670. The molecular weight excluding hydrogens is 218 g/mol. The van der Waals surface area contributed by atoms with Gasteiger partial charge >= 0.3 is 0 Å². The zero-order chi connectivity index (χ0) is 8.81. The van der Waals surface area contributed by atoms with Crippen LogP contribution in [0, 0.1) is 0 Å². The van der Waals surface area contributed by atoms with Crippen molar-refractivity contribution in [3.05, 3.63) is 35.7 Å². The Morgan fingerprint density at radius 3 is 2.83 bits per heavy atom. The van der Waals surface area contributed by atoms with Gasteiger partial charge in [0.25, 0.3) is 0 Å². The number of rotatable bonds is 3. The molecule has 1 aromatic rings. The highest BCUT2D eigenvalue weighted by Crippen LogP contribution is 2.02. The molecule has 0 saturated carbocycles. The summed E-state index contributed by atoms with van der Waals surface area (Å²) in [6.07, 6.45) is 5.71. The molecule has 1 N–H and O–H groups in total. The van der Waals surface area contributed by atoms with Crippen molar-refractivity contribution in [1.82, 2.24) is 4.98 Å². The van der Waals surface area contributed by atoms with Gasteiger partial charge in [0, 0.05) is 11.5 Å². The maximum absolute atomic E-state index is 8.72. The van der Waals surface area contributed by atoms with Gasteiger partial charge in [0.1, 0.15) is 0 Å². The van der Waals surface area contributed by atoms with Crippen LogP contribution in [0.3, 0.4) is 0 Å². The number of hydrogen-bond donors (Lipinski definition) is 1. The largest absolute Gasteiger partial charge is 0.390 e. The number of aliphatic hydroxyl groups excluding tert-OH is 1.